The predicted octanol–water partition coefficient (Wildman–Crippen LogP) is 6.82. The Hall–Kier alpha value is -3.97. The van der Waals surface area contributed by atoms with Gasteiger partial charge >= 0.3 is 0 Å². The molecule has 7 heteroatoms. The fourth-order valence-corrected chi connectivity index (χ4v) is 4.83. The van der Waals surface area contributed by atoms with Crippen LogP contribution < -0.4 is 14.2 Å². The Balaban J connectivity index is 1.51. The molecule has 38 heavy (non-hydrogen) atoms. The Kier molecular flexibility index (Phi) is 9.27. The molecule has 0 atom stereocenters. The first-order valence-corrected chi connectivity index (χ1v) is 13.3. The molecule has 1 saturated heterocycles. The average molecular weight is 530 g/mol. The molecule has 1 fully saturated rings. The smallest absolute Gasteiger partial charge is 0.293 e. The highest BCUT2D eigenvalue weighted by Crippen LogP contribution is 2.37. The van der Waals surface area contributed by atoms with Crippen molar-refractivity contribution < 1.29 is 23.8 Å². The third kappa shape index (κ3) is 6.86. The largest absolute Gasteiger partial charge is 0.492 e. The summed E-state index contributed by atoms with van der Waals surface area (Å²) in [5, 5.41) is -0.312. The van der Waals surface area contributed by atoms with Crippen LogP contribution in [0.1, 0.15) is 29.2 Å². The van der Waals surface area contributed by atoms with Crippen LogP contribution in [0, 0.1) is 6.92 Å². The number of aryl methyl sites for hydroxylation is 1. The van der Waals surface area contributed by atoms with E-state index >= 15 is 0 Å². The standard InChI is InChI=1S/C31H31NO5S/c1-4-9-25-18-24(19-27(35-5-2)29(25)37-21-23-10-7-6-8-11-23)20-28-30(33)32(31(34)38-28)16-17-36-26-14-12-22(3)13-15-26/h4,6-8,10-15,18-20H,1,5,9,16-17,21H2,2-3H3/b28-20-. The molecule has 6 nitrogen and oxygen atoms in total. The molecular weight excluding hydrogens is 498 g/mol. The number of thioether (sulfide) groups is 1. The van der Waals surface area contributed by atoms with E-state index in [0.717, 1.165) is 34.0 Å². The van der Waals surface area contributed by atoms with E-state index in [2.05, 4.69) is 6.58 Å². The van der Waals surface area contributed by atoms with Gasteiger partial charge in [-0.05, 0) is 73.5 Å². The monoisotopic (exact) mass is 529 g/mol. The molecule has 196 valence electrons. The second-order valence-electron chi connectivity index (χ2n) is 8.70. The van der Waals surface area contributed by atoms with Gasteiger partial charge in [0.1, 0.15) is 19.0 Å². The van der Waals surface area contributed by atoms with Crippen molar-refractivity contribution in [2.45, 2.75) is 26.9 Å². The van der Waals surface area contributed by atoms with E-state index in [9.17, 15) is 9.59 Å². The maximum atomic E-state index is 13.0. The molecule has 1 aliphatic heterocycles. The number of hydrogen-bond donors (Lipinski definition) is 0. The minimum Gasteiger partial charge on any atom is -0.492 e. The Morgan fingerprint density at radius 3 is 2.45 bits per heavy atom. The molecule has 0 saturated carbocycles. The lowest BCUT2D eigenvalue weighted by atomic mass is 10.0. The first-order chi connectivity index (χ1) is 18.5. The van der Waals surface area contributed by atoms with E-state index in [-0.39, 0.29) is 24.3 Å². The fourth-order valence-electron chi connectivity index (χ4n) is 3.96. The van der Waals surface area contributed by atoms with Crippen LogP contribution in [0.5, 0.6) is 17.2 Å². The number of amides is 2. The van der Waals surface area contributed by atoms with Gasteiger partial charge in [-0.25, -0.2) is 0 Å². The molecule has 3 aromatic rings. The van der Waals surface area contributed by atoms with Crippen molar-refractivity contribution in [3.63, 3.8) is 0 Å². The van der Waals surface area contributed by atoms with Crippen LogP contribution in [0.4, 0.5) is 4.79 Å². The molecule has 0 radical (unpaired) electrons. The minimum atomic E-state index is -0.333. The molecule has 1 heterocycles. The Morgan fingerprint density at radius 1 is 0.974 bits per heavy atom. The summed E-state index contributed by atoms with van der Waals surface area (Å²) in [6.07, 6.45) is 4.08. The van der Waals surface area contributed by atoms with E-state index in [1.165, 1.54) is 4.90 Å². The lowest BCUT2D eigenvalue weighted by Crippen LogP contribution is -2.32. The number of imide groups is 1. The molecule has 0 N–H and O–H groups in total. The van der Waals surface area contributed by atoms with Gasteiger partial charge in [0.2, 0.25) is 0 Å². The van der Waals surface area contributed by atoms with E-state index in [4.69, 9.17) is 14.2 Å². The van der Waals surface area contributed by atoms with Crippen molar-refractivity contribution in [3.8, 4) is 17.2 Å². The number of allylic oxidation sites excluding steroid dienone is 1. The highest BCUT2D eigenvalue weighted by Gasteiger charge is 2.35. The molecule has 0 aliphatic carbocycles. The van der Waals surface area contributed by atoms with Crippen LogP contribution in [-0.4, -0.2) is 35.8 Å². The van der Waals surface area contributed by atoms with Gasteiger partial charge in [-0.1, -0.05) is 54.1 Å². The van der Waals surface area contributed by atoms with Crippen LogP contribution in [0.15, 0.2) is 84.3 Å². The van der Waals surface area contributed by atoms with Crippen molar-refractivity contribution in [2.24, 2.45) is 0 Å². The van der Waals surface area contributed by atoms with Gasteiger partial charge in [0.15, 0.2) is 11.5 Å². The molecule has 1 aliphatic rings. The first kappa shape index (κ1) is 27.1. The zero-order valence-corrected chi connectivity index (χ0v) is 22.5. The molecule has 2 amide bonds. The zero-order valence-electron chi connectivity index (χ0n) is 21.6. The van der Waals surface area contributed by atoms with Gasteiger partial charge in [-0.2, -0.15) is 0 Å². The summed E-state index contributed by atoms with van der Waals surface area (Å²) in [5.74, 6) is 1.60. The summed E-state index contributed by atoms with van der Waals surface area (Å²) in [7, 11) is 0. The number of benzene rings is 3. The van der Waals surface area contributed by atoms with Crippen LogP contribution in [0.3, 0.4) is 0 Å². The van der Waals surface area contributed by atoms with Crippen LogP contribution >= 0.6 is 11.8 Å². The van der Waals surface area contributed by atoms with E-state index in [1.54, 1.807) is 12.2 Å². The molecule has 4 rings (SSSR count). The molecule has 0 bridgehead atoms. The van der Waals surface area contributed by atoms with Gasteiger partial charge in [0.25, 0.3) is 11.1 Å². The quantitative estimate of drug-likeness (QED) is 0.190. The van der Waals surface area contributed by atoms with E-state index in [0.29, 0.717) is 41.8 Å². The van der Waals surface area contributed by atoms with Gasteiger partial charge in [0.05, 0.1) is 18.1 Å². The fraction of sp³-hybridized carbons (Fsp3) is 0.226. The second-order valence-corrected chi connectivity index (χ2v) is 9.70. The summed E-state index contributed by atoms with van der Waals surface area (Å²) in [6.45, 7) is 9.03. The van der Waals surface area contributed by atoms with Crippen molar-refractivity contribution in [2.75, 3.05) is 19.8 Å². The third-order valence-electron chi connectivity index (χ3n) is 5.82. The summed E-state index contributed by atoms with van der Waals surface area (Å²) >= 11 is 0.926. The van der Waals surface area contributed by atoms with Gasteiger partial charge in [-0.3, -0.25) is 14.5 Å². The minimum absolute atomic E-state index is 0.175. The van der Waals surface area contributed by atoms with Crippen molar-refractivity contribution in [1.82, 2.24) is 4.90 Å². The SMILES string of the molecule is C=CCc1cc(/C=C2\SC(=O)N(CCOc3ccc(C)cc3)C2=O)cc(OCC)c1OCc1ccccc1. The maximum absolute atomic E-state index is 13.0. The average Bonchev–Trinajstić information content (AvgIpc) is 3.17. The Labute approximate surface area is 227 Å². The van der Waals surface area contributed by atoms with Crippen LogP contribution in [-0.2, 0) is 17.8 Å². The molecular formula is C31H31NO5S. The summed E-state index contributed by atoms with van der Waals surface area (Å²) < 4.78 is 17.8. The third-order valence-corrected chi connectivity index (χ3v) is 6.73. The molecule has 0 aromatic heterocycles. The number of carbonyl (C=O) groups is 2. The van der Waals surface area contributed by atoms with Crippen molar-refractivity contribution in [1.29, 1.82) is 0 Å². The van der Waals surface area contributed by atoms with E-state index < -0.39 is 0 Å². The van der Waals surface area contributed by atoms with Crippen molar-refractivity contribution in [3.05, 3.63) is 107 Å². The maximum Gasteiger partial charge on any atom is 0.293 e. The lowest BCUT2D eigenvalue weighted by Gasteiger charge is -2.17. The highest BCUT2D eigenvalue weighted by atomic mass is 32.2. The Morgan fingerprint density at radius 2 is 1.74 bits per heavy atom. The number of hydrogen-bond acceptors (Lipinski definition) is 6. The first-order valence-electron chi connectivity index (χ1n) is 12.5. The molecule has 3 aromatic carbocycles. The van der Waals surface area contributed by atoms with Crippen LogP contribution in [0.25, 0.3) is 6.08 Å². The number of carbonyl (C=O) groups excluding carboxylic acids is 2. The zero-order chi connectivity index (χ0) is 26.9. The van der Waals surface area contributed by atoms with Crippen LogP contribution in [0.2, 0.25) is 0 Å². The topological polar surface area (TPSA) is 65.1 Å². The normalized spacial score (nSPS) is 14.2. The number of ether oxygens (including phenoxy) is 3. The van der Waals surface area contributed by atoms with Gasteiger partial charge in [0, 0.05) is 5.56 Å². The predicted molar refractivity (Wildman–Crippen MR) is 152 cm³/mol. The van der Waals surface area contributed by atoms with Gasteiger partial charge in [-0.15, -0.1) is 6.58 Å². The van der Waals surface area contributed by atoms with Crippen molar-refractivity contribution >= 4 is 29.0 Å². The molecule has 0 spiro atoms. The summed E-state index contributed by atoms with van der Waals surface area (Å²) in [5.41, 5.74) is 3.81. The summed E-state index contributed by atoms with van der Waals surface area (Å²) in [6, 6.07) is 21.3. The Bertz CT molecular complexity index is 1320. The lowest BCUT2D eigenvalue weighted by molar-refractivity contribution is -0.123. The highest BCUT2D eigenvalue weighted by molar-refractivity contribution is 8.18. The number of nitrogens with zero attached hydrogens (tertiary/aromatic N) is 1. The second kappa shape index (κ2) is 13.0. The van der Waals surface area contributed by atoms with E-state index in [1.807, 2.05) is 80.6 Å². The molecule has 0 unspecified atom stereocenters. The summed E-state index contributed by atoms with van der Waals surface area (Å²) in [4.78, 5) is 27.2. The number of rotatable bonds is 12. The van der Waals surface area contributed by atoms with Gasteiger partial charge < -0.3 is 14.2 Å².